The Morgan fingerprint density at radius 1 is 0.347 bits per heavy atom. The van der Waals surface area contributed by atoms with Crippen molar-refractivity contribution < 1.29 is 0 Å². The van der Waals surface area contributed by atoms with Crippen LogP contribution < -0.4 is 31.1 Å². The van der Waals surface area contributed by atoms with Crippen LogP contribution in [-0.4, -0.2) is 6.71 Å². The summed E-state index contributed by atoms with van der Waals surface area (Å²) in [6.45, 7) is 48.0. The Morgan fingerprint density at radius 3 is 1.44 bits per heavy atom. The van der Waals surface area contributed by atoms with E-state index in [1.807, 2.05) is 0 Å². The van der Waals surface area contributed by atoms with E-state index in [4.69, 9.17) is 0 Å². The van der Waals surface area contributed by atoms with E-state index >= 15 is 0 Å². The molecule has 0 unspecified atom stereocenters. The lowest BCUT2D eigenvalue weighted by atomic mass is 9.33. The van der Waals surface area contributed by atoms with Gasteiger partial charge in [-0.15, -0.1) is 0 Å². The Bertz CT molecular complexity index is 4720. The van der Waals surface area contributed by atoms with E-state index in [1.165, 1.54) is 140 Å². The van der Waals surface area contributed by atoms with Gasteiger partial charge in [-0.1, -0.05) is 259 Å². The van der Waals surface area contributed by atoms with E-state index in [-0.39, 0.29) is 50.0 Å². The summed E-state index contributed by atoms with van der Waals surface area (Å²) < 4.78 is 0. The minimum atomic E-state index is -0.144. The zero-order valence-electron chi connectivity index (χ0n) is 60.5. The first-order chi connectivity index (χ1) is 44.6. The lowest BCUT2D eigenvalue weighted by molar-refractivity contribution is 0.332. The number of hydrogen-bond donors (Lipinski definition) is 0. The van der Waals surface area contributed by atoms with Crippen molar-refractivity contribution >= 4 is 74.3 Å². The highest BCUT2D eigenvalue weighted by Crippen LogP contribution is 2.58. The fraction of sp³-hybridized carbons (Fsp3) is 0.341. The molecule has 0 bridgehead atoms. The highest BCUT2D eigenvalue weighted by Gasteiger charge is 2.50. The minimum absolute atomic E-state index is 0.0255. The predicted molar refractivity (Wildman–Crippen MR) is 410 cm³/mol. The average Bonchev–Trinajstić information content (AvgIpc) is 1.36. The molecular formula is C91H98BN3. The topological polar surface area (TPSA) is 9.72 Å². The van der Waals surface area contributed by atoms with Crippen molar-refractivity contribution in [2.45, 2.75) is 201 Å². The van der Waals surface area contributed by atoms with Crippen LogP contribution in [-0.2, 0) is 43.3 Å². The number of hydrogen-bond acceptors (Lipinski definition) is 3. The summed E-state index contributed by atoms with van der Waals surface area (Å²) in [6.07, 6.45) is 3.34. The molecule has 2 heterocycles. The van der Waals surface area contributed by atoms with Gasteiger partial charge in [-0.25, -0.2) is 0 Å². The quantitative estimate of drug-likeness (QED) is 0.147. The monoisotopic (exact) mass is 1240 g/mol. The minimum Gasteiger partial charge on any atom is -0.311 e. The first-order valence-corrected chi connectivity index (χ1v) is 35.4. The Balaban J connectivity index is 1.12. The first-order valence-electron chi connectivity index (χ1n) is 35.4. The largest absolute Gasteiger partial charge is 0.311 e. The van der Waals surface area contributed by atoms with Crippen molar-refractivity contribution in [1.29, 1.82) is 0 Å². The summed E-state index contributed by atoms with van der Waals surface area (Å²) in [4.78, 5) is 8.07. The molecule has 3 nitrogen and oxygen atoms in total. The van der Waals surface area contributed by atoms with Crippen molar-refractivity contribution in [1.82, 2.24) is 0 Å². The number of fused-ring (bicyclic) bond motifs is 9. The maximum Gasteiger partial charge on any atom is 0.252 e. The molecular weight excluding hydrogens is 1150 g/mol. The molecule has 0 radical (unpaired) electrons. The summed E-state index contributed by atoms with van der Waals surface area (Å²) in [6, 6.07) is 77.3. The fourth-order valence-corrected chi connectivity index (χ4v) is 17.9. The number of anilines is 9. The standard InChI is InChI=1S/C91H98BN3/c1-56-47-70-72(88(13,14)46-45-87(70,11)12)53-77(56)95-78-48-58(65-30-26-32-69-82(65)66-29-24-25-31-68(66)91(69,19)20)33-43-74(78)92-75-52-71-73(90(17,18)55-89(71,15)16)54-79(75)94(76-44-38-61(86(8,9)10)49-67(76)57-27-22-21-23-28-57)80-50-64(51-81(95)83(80)92)93(62-39-34-59(35-40-62)84(2,3)4)63-41-36-60(37-42-63)85(5,6)7/h21-44,47-54H,45-46,55H2,1-20H3. The van der Waals surface area contributed by atoms with Crippen LogP contribution >= 0.6 is 0 Å². The third-order valence-corrected chi connectivity index (χ3v) is 23.3. The van der Waals surface area contributed by atoms with E-state index in [0.29, 0.717) is 0 Å². The van der Waals surface area contributed by atoms with Crippen LogP contribution in [0.4, 0.5) is 51.2 Å². The van der Waals surface area contributed by atoms with Gasteiger partial charge in [-0.2, -0.15) is 0 Å². The number of benzene rings is 10. The second kappa shape index (κ2) is 21.1. The molecule has 0 aromatic heterocycles. The van der Waals surface area contributed by atoms with Crippen LogP contribution in [0, 0.1) is 6.92 Å². The Kier molecular flexibility index (Phi) is 13.9. The molecule has 5 aliphatic rings. The lowest BCUT2D eigenvalue weighted by Crippen LogP contribution is -2.61. The molecule has 2 aliphatic heterocycles. The van der Waals surface area contributed by atoms with Gasteiger partial charge in [0.25, 0.3) is 6.71 Å². The van der Waals surface area contributed by atoms with Gasteiger partial charge < -0.3 is 14.7 Å². The van der Waals surface area contributed by atoms with Gasteiger partial charge in [-0.05, 0) is 231 Å². The molecule has 0 spiro atoms. The Labute approximate surface area is 569 Å². The molecule has 10 aromatic rings. The third kappa shape index (κ3) is 9.94. The van der Waals surface area contributed by atoms with Crippen LogP contribution in [0.25, 0.3) is 33.4 Å². The molecule has 3 aliphatic carbocycles. The van der Waals surface area contributed by atoms with Crippen molar-refractivity contribution in [3.05, 3.63) is 250 Å². The molecule has 15 rings (SSSR count). The fourth-order valence-electron chi connectivity index (χ4n) is 17.9. The molecule has 480 valence electrons. The van der Waals surface area contributed by atoms with Crippen LogP contribution in [0.5, 0.6) is 0 Å². The first kappa shape index (κ1) is 62.8. The summed E-state index contributed by atoms with van der Waals surface area (Å²) >= 11 is 0. The molecule has 0 atom stereocenters. The highest BCUT2D eigenvalue weighted by molar-refractivity contribution is 7.00. The van der Waals surface area contributed by atoms with Gasteiger partial charge in [0.1, 0.15) is 0 Å². The smallest absolute Gasteiger partial charge is 0.252 e. The van der Waals surface area contributed by atoms with E-state index in [0.717, 1.165) is 36.3 Å². The molecule has 0 N–H and O–H groups in total. The van der Waals surface area contributed by atoms with E-state index < -0.39 is 0 Å². The highest BCUT2D eigenvalue weighted by atomic mass is 15.2. The summed E-state index contributed by atoms with van der Waals surface area (Å²) in [5.41, 5.74) is 35.7. The van der Waals surface area contributed by atoms with Crippen LogP contribution in [0.15, 0.2) is 194 Å². The molecule has 0 amide bonds. The molecule has 0 fully saturated rings. The average molecular weight is 1240 g/mol. The molecule has 10 aromatic carbocycles. The van der Waals surface area contributed by atoms with Crippen molar-refractivity contribution in [2.75, 3.05) is 14.7 Å². The second-order valence-electron chi connectivity index (χ2n) is 35.3. The predicted octanol–water partition coefficient (Wildman–Crippen LogP) is 23.4. The second-order valence-corrected chi connectivity index (χ2v) is 35.3. The molecule has 0 saturated carbocycles. The summed E-state index contributed by atoms with van der Waals surface area (Å²) in [7, 11) is 0. The Hall–Kier alpha value is -8.34. The molecule has 4 heteroatoms. The van der Waals surface area contributed by atoms with Crippen molar-refractivity contribution in [3.63, 3.8) is 0 Å². The van der Waals surface area contributed by atoms with Crippen LogP contribution in [0.1, 0.15) is 206 Å². The van der Waals surface area contributed by atoms with E-state index in [2.05, 4.69) is 347 Å². The normalized spacial score (nSPS) is 17.3. The zero-order chi connectivity index (χ0) is 67.2. The van der Waals surface area contributed by atoms with Gasteiger partial charge in [0.15, 0.2) is 0 Å². The van der Waals surface area contributed by atoms with E-state index in [9.17, 15) is 0 Å². The maximum absolute atomic E-state index is 2.76. The zero-order valence-corrected chi connectivity index (χ0v) is 60.5. The number of nitrogens with zero attached hydrogens (tertiary/aromatic N) is 3. The van der Waals surface area contributed by atoms with Crippen LogP contribution in [0.2, 0.25) is 0 Å². The Morgan fingerprint density at radius 2 is 0.842 bits per heavy atom. The molecule has 0 saturated heterocycles. The van der Waals surface area contributed by atoms with Gasteiger partial charge >= 0.3 is 0 Å². The third-order valence-electron chi connectivity index (χ3n) is 23.3. The summed E-state index contributed by atoms with van der Waals surface area (Å²) in [5, 5.41) is 0. The molecule has 95 heavy (non-hydrogen) atoms. The maximum atomic E-state index is 2.76. The lowest BCUT2D eigenvalue weighted by Gasteiger charge is -2.47. The number of rotatable bonds is 7. The van der Waals surface area contributed by atoms with Gasteiger partial charge in [-0.3, -0.25) is 0 Å². The van der Waals surface area contributed by atoms with Crippen molar-refractivity contribution in [2.24, 2.45) is 0 Å². The van der Waals surface area contributed by atoms with E-state index in [1.54, 1.807) is 0 Å². The van der Waals surface area contributed by atoms with Crippen molar-refractivity contribution in [3.8, 4) is 33.4 Å². The SMILES string of the molecule is Cc1cc2c(cc1N1c3cc(-c4cccc5c4-c4ccccc4C5(C)C)ccc3B3c4cc5c(cc4N(c4ccc(C(C)(C)C)cc4-c4ccccc4)c4cc(N(c6ccc(C(C)(C)C)cc6)c6ccc(C(C)(C)C)cc6)cc1c43)C(C)(C)CC5(C)C)C(C)(C)CCC2(C)C. The summed E-state index contributed by atoms with van der Waals surface area (Å²) in [5.74, 6) is 0. The van der Waals surface area contributed by atoms with Gasteiger partial charge in [0, 0.05) is 50.8 Å². The van der Waals surface area contributed by atoms with Crippen LogP contribution in [0.3, 0.4) is 0 Å². The van der Waals surface area contributed by atoms with Gasteiger partial charge in [0.05, 0.1) is 11.4 Å². The number of aryl methyl sites for hydroxylation is 1. The van der Waals surface area contributed by atoms with Gasteiger partial charge in [0.2, 0.25) is 0 Å².